The van der Waals surface area contributed by atoms with Gasteiger partial charge in [-0.1, -0.05) is 25.5 Å². The lowest BCUT2D eigenvalue weighted by molar-refractivity contribution is 0.162. The van der Waals surface area contributed by atoms with Gasteiger partial charge in [-0.25, -0.2) is 0 Å². The predicted octanol–water partition coefficient (Wildman–Crippen LogP) is 1.31. The number of aliphatic hydroxyl groups excluding tert-OH is 1. The van der Waals surface area contributed by atoms with E-state index >= 15 is 0 Å². The average Bonchev–Trinajstić information content (AvgIpc) is 1.87. The molecule has 11 heavy (non-hydrogen) atoms. The van der Waals surface area contributed by atoms with Crippen molar-refractivity contribution in [3.05, 3.63) is 12.2 Å². The maximum atomic E-state index is 9.27. The summed E-state index contributed by atoms with van der Waals surface area (Å²) in [6, 6.07) is 0. The molecule has 1 unspecified atom stereocenters. The van der Waals surface area contributed by atoms with E-state index in [1.54, 1.807) is 0 Å². The smallest absolute Gasteiger partial charge is 0.0664 e. The highest BCUT2D eigenvalue weighted by Crippen LogP contribution is 1.93. The molecule has 0 aliphatic rings. The lowest BCUT2D eigenvalue weighted by Crippen LogP contribution is -2.27. The van der Waals surface area contributed by atoms with E-state index in [-0.39, 0.29) is 6.10 Å². The van der Waals surface area contributed by atoms with E-state index < -0.39 is 0 Å². The van der Waals surface area contributed by atoms with Gasteiger partial charge in [0.25, 0.3) is 0 Å². The molecule has 0 aliphatic carbocycles. The van der Waals surface area contributed by atoms with Gasteiger partial charge in [-0.15, -0.1) is 0 Å². The molecule has 0 fully saturated rings. The predicted molar refractivity (Wildman–Crippen MR) is 48.6 cm³/mol. The molecule has 0 bridgehead atoms. The van der Waals surface area contributed by atoms with Crippen molar-refractivity contribution in [3.63, 3.8) is 0 Å². The Bertz CT molecular complexity index is 112. The SMILES string of the molecule is C=C(C)CNCC(O)CCC. The molecule has 0 aromatic heterocycles. The highest BCUT2D eigenvalue weighted by Gasteiger charge is 1.99. The van der Waals surface area contributed by atoms with Gasteiger partial charge in [-0.3, -0.25) is 0 Å². The maximum absolute atomic E-state index is 9.27. The summed E-state index contributed by atoms with van der Waals surface area (Å²) in [7, 11) is 0. The molecule has 0 radical (unpaired) electrons. The summed E-state index contributed by atoms with van der Waals surface area (Å²) in [6.07, 6.45) is 1.72. The van der Waals surface area contributed by atoms with Crippen LogP contribution < -0.4 is 5.32 Å². The molecule has 0 amide bonds. The van der Waals surface area contributed by atoms with Crippen LogP contribution in [0.4, 0.5) is 0 Å². The second kappa shape index (κ2) is 6.38. The zero-order chi connectivity index (χ0) is 8.69. The van der Waals surface area contributed by atoms with E-state index in [9.17, 15) is 5.11 Å². The van der Waals surface area contributed by atoms with Gasteiger partial charge in [0.15, 0.2) is 0 Å². The van der Waals surface area contributed by atoms with Crippen molar-refractivity contribution in [2.75, 3.05) is 13.1 Å². The summed E-state index contributed by atoms with van der Waals surface area (Å²) < 4.78 is 0. The summed E-state index contributed by atoms with van der Waals surface area (Å²) in [5, 5.41) is 12.4. The third-order valence-electron chi connectivity index (χ3n) is 1.43. The first-order valence-corrected chi connectivity index (χ1v) is 4.20. The summed E-state index contributed by atoms with van der Waals surface area (Å²) in [6.45, 7) is 9.28. The topological polar surface area (TPSA) is 32.3 Å². The maximum Gasteiger partial charge on any atom is 0.0664 e. The second-order valence-corrected chi connectivity index (χ2v) is 3.03. The molecule has 0 saturated carbocycles. The van der Waals surface area contributed by atoms with Gasteiger partial charge in [-0.2, -0.15) is 0 Å². The first-order valence-electron chi connectivity index (χ1n) is 4.20. The molecular formula is C9H19NO. The van der Waals surface area contributed by atoms with Crippen LogP contribution in [-0.4, -0.2) is 24.3 Å². The Morgan fingerprint density at radius 2 is 2.27 bits per heavy atom. The second-order valence-electron chi connectivity index (χ2n) is 3.03. The van der Waals surface area contributed by atoms with E-state index in [0.29, 0.717) is 6.54 Å². The Morgan fingerprint density at radius 3 is 2.73 bits per heavy atom. The van der Waals surface area contributed by atoms with Gasteiger partial charge in [-0.05, 0) is 13.3 Å². The molecule has 0 saturated heterocycles. The molecule has 0 aliphatic heterocycles. The molecule has 0 aromatic rings. The summed E-state index contributed by atoms with van der Waals surface area (Å²) in [4.78, 5) is 0. The van der Waals surface area contributed by atoms with Crippen LogP contribution in [0.1, 0.15) is 26.7 Å². The van der Waals surface area contributed by atoms with Crippen LogP contribution in [0.25, 0.3) is 0 Å². The van der Waals surface area contributed by atoms with Crippen molar-refractivity contribution >= 4 is 0 Å². The average molecular weight is 157 g/mol. The number of hydrogen-bond acceptors (Lipinski definition) is 2. The fourth-order valence-electron chi connectivity index (χ4n) is 0.887. The van der Waals surface area contributed by atoms with Gasteiger partial charge in [0, 0.05) is 13.1 Å². The Morgan fingerprint density at radius 1 is 1.64 bits per heavy atom. The normalized spacial score (nSPS) is 13.0. The van der Waals surface area contributed by atoms with E-state index in [0.717, 1.165) is 25.0 Å². The van der Waals surface area contributed by atoms with Gasteiger partial charge in [0.2, 0.25) is 0 Å². The van der Waals surface area contributed by atoms with E-state index in [1.165, 1.54) is 0 Å². The zero-order valence-corrected chi connectivity index (χ0v) is 7.56. The minimum Gasteiger partial charge on any atom is -0.392 e. The summed E-state index contributed by atoms with van der Waals surface area (Å²) in [5.41, 5.74) is 1.11. The largest absolute Gasteiger partial charge is 0.392 e. The van der Waals surface area contributed by atoms with E-state index in [1.807, 2.05) is 6.92 Å². The van der Waals surface area contributed by atoms with Gasteiger partial charge >= 0.3 is 0 Å². The van der Waals surface area contributed by atoms with Crippen molar-refractivity contribution in [2.45, 2.75) is 32.8 Å². The Labute approximate surface area is 69.3 Å². The van der Waals surface area contributed by atoms with Crippen LogP contribution in [0.5, 0.6) is 0 Å². The highest BCUT2D eigenvalue weighted by molar-refractivity contribution is 4.90. The minimum atomic E-state index is -0.195. The third kappa shape index (κ3) is 7.56. The molecule has 0 heterocycles. The lowest BCUT2D eigenvalue weighted by Gasteiger charge is -2.09. The number of aliphatic hydroxyl groups is 1. The van der Waals surface area contributed by atoms with Crippen molar-refractivity contribution < 1.29 is 5.11 Å². The van der Waals surface area contributed by atoms with Crippen LogP contribution in [0.2, 0.25) is 0 Å². The fourth-order valence-corrected chi connectivity index (χ4v) is 0.887. The van der Waals surface area contributed by atoms with Crippen molar-refractivity contribution in [1.29, 1.82) is 0 Å². The van der Waals surface area contributed by atoms with Crippen LogP contribution in [0.15, 0.2) is 12.2 Å². The van der Waals surface area contributed by atoms with Crippen LogP contribution in [0.3, 0.4) is 0 Å². The Balaban J connectivity index is 3.16. The van der Waals surface area contributed by atoms with Crippen molar-refractivity contribution in [3.8, 4) is 0 Å². The Hall–Kier alpha value is -0.340. The molecule has 66 valence electrons. The molecular weight excluding hydrogens is 138 g/mol. The number of nitrogens with one attached hydrogen (secondary N) is 1. The van der Waals surface area contributed by atoms with Crippen LogP contribution in [-0.2, 0) is 0 Å². The molecule has 2 heteroatoms. The number of rotatable bonds is 6. The third-order valence-corrected chi connectivity index (χ3v) is 1.43. The van der Waals surface area contributed by atoms with Crippen molar-refractivity contribution in [2.24, 2.45) is 0 Å². The minimum absolute atomic E-state index is 0.195. The van der Waals surface area contributed by atoms with Crippen LogP contribution in [0, 0.1) is 0 Å². The Kier molecular flexibility index (Phi) is 6.18. The van der Waals surface area contributed by atoms with Gasteiger partial charge in [0.05, 0.1) is 6.10 Å². The highest BCUT2D eigenvalue weighted by atomic mass is 16.3. The summed E-state index contributed by atoms with van der Waals surface area (Å²) >= 11 is 0. The van der Waals surface area contributed by atoms with E-state index in [4.69, 9.17) is 0 Å². The molecule has 0 rings (SSSR count). The number of hydrogen-bond donors (Lipinski definition) is 2. The standard InChI is InChI=1S/C9H19NO/c1-4-5-9(11)7-10-6-8(2)3/h9-11H,2,4-7H2,1,3H3. The molecule has 0 spiro atoms. The zero-order valence-electron chi connectivity index (χ0n) is 7.56. The fraction of sp³-hybridized carbons (Fsp3) is 0.778. The molecule has 2 nitrogen and oxygen atoms in total. The molecule has 0 aromatic carbocycles. The van der Waals surface area contributed by atoms with Crippen molar-refractivity contribution in [1.82, 2.24) is 5.32 Å². The molecule has 2 N–H and O–H groups in total. The van der Waals surface area contributed by atoms with Gasteiger partial charge in [0.1, 0.15) is 0 Å². The van der Waals surface area contributed by atoms with Gasteiger partial charge < -0.3 is 10.4 Å². The monoisotopic (exact) mass is 157 g/mol. The molecule has 1 atom stereocenters. The lowest BCUT2D eigenvalue weighted by atomic mass is 10.2. The quantitative estimate of drug-likeness (QED) is 0.570. The summed E-state index contributed by atoms with van der Waals surface area (Å²) in [5.74, 6) is 0. The van der Waals surface area contributed by atoms with Crippen LogP contribution >= 0.6 is 0 Å². The first kappa shape index (κ1) is 10.7. The van der Waals surface area contributed by atoms with E-state index in [2.05, 4.69) is 18.8 Å². The first-order chi connectivity index (χ1) is 5.16.